The summed E-state index contributed by atoms with van der Waals surface area (Å²) in [5, 5.41) is 10.7. The second-order valence-electron chi connectivity index (χ2n) is 8.75. The van der Waals surface area contributed by atoms with E-state index in [1.54, 1.807) is 0 Å². The number of benzene rings is 1. The Morgan fingerprint density at radius 3 is 2.69 bits per heavy atom. The molecule has 1 aromatic carbocycles. The largest absolute Gasteiger partial charge is 0.511 e. The Balaban J connectivity index is 1.83. The van der Waals surface area contributed by atoms with Crippen molar-refractivity contribution in [2.75, 3.05) is 0 Å². The Morgan fingerprint density at radius 1 is 1.31 bits per heavy atom. The first-order valence-electron chi connectivity index (χ1n) is 9.65. The van der Waals surface area contributed by atoms with E-state index in [0.717, 1.165) is 30.6 Å². The molecule has 1 aliphatic carbocycles. The first-order valence-corrected chi connectivity index (χ1v) is 10.5. The lowest BCUT2D eigenvalue weighted by Gasteiger charge is -2.46. The molecule has 1 fully saturated rings. The fourth-order valence-electron chi connectivity index (χ4n) is 4.20. The van der Waals surface area contributed by atoms with E-state index in [1.807, 2.05) is 18.2 Å². The fraction of sp³-hybridized carbons (Fsp3) is 0.591. The van der Waals surface area contributed by atoms with Crippen molar-refractivity contribution in [2.24, 2.45) is 11.3 Å². The average molecular weight is 375 g/mol. The van der Waals surface area contributed by atoms with E-state index in [1.165, 1.54) is 23.7 Å². The molecule has 26 heavy (non-hydrogen) atoms. The van der Waals surface area contributed by atoms with Gasteiger partial charge in [0.25, 0.3) is 0 Å². The number of aliphatic hydroxyl groups is 1. The van der Waals surface area contributed by atoms with Crippen LogP contribution >= 0.6 is 11.8 Å². The number of aryl methyl sites for hydroxylation is 1. The molecule has 4 heteroatoms. The molecule has 1 saturated carbocycles. The molecule has 1 N–H and O–H groups in total. The zero-order valence-electron chi connectivity index (χ0n) is 16.3. The minimum absolute atomic E-state index is 0.189. The normalized spacial score (nSPS) is 26.9. The summed E-state index contributed by atoms with van der Waals surface area (Å²) < 4.78 is 5.99. The monoisotopic (exact) mass is 374 g/mol. The van der Waals surface area contributed by atoms with Gasteiger partial charge in [0.1, 0.15) is 16.3 Å². The van der Waals surface area contributed by atoms with Gasteiger partial charge in [0.15, 0.2) is 0 Å². The van der Waals surface area contributed by atoms with Crippen molar-refractivity contribution < 1.29 is 14.6 Å². The maximum absolute atomic E-state index is 12.8. The van der Waals surface area contributed by atoms with Crippen molar-refractivity contribution in [3.05, 3.63) is 40.5 Å². The quantitative estimate of drug-likeness (QED) is 0.656. The molecule has 2 aliphatic rings. The van der Waals surface area contributed by atoms with E-state index in [9.17, 15) is 9.90 Å². The number of hydrogen-bond acceptors (Lipinski definition) is 4. The summed E-state index contributed by atoms with van der Waals surface area (Å²) in [5.41, 5.74) is 0.844. The third-order valence-corrected chi connectivity index (χ3v) is 7.06. The van der Waals surface area contributed by atoms with Crippen LogP contribution in [0.1, 0.15) is 65.4 Å². The molecular formula is C22H30O3S. The molecule has 2 unspecified atom stereocenters. The molecule has 0 amide bonds. The van der Waals surface area contributed by atoms with Crippen LogP contribution in [-0.4, -0.2) is 16.7 Å². The van der Waals surface area contributed by atoms with Crippen LogP contribution in [-0.2, 0) is 16.0 Å². The molecule has 142 valence electrons. The lowest BCUT2D eigenvalue weighted by atomic mass is 9.66. The number of hydrogen-bond donors (Lipinski definition) is 1. The van der Waals surface area contributed by atoms with Crippen LogP contribution in [0.25, 0.3) is 0 Å². The number of aliphatic hydroxyl groups excluding tert-OH is 1. The highest BCUT2D eigenvalue weighted by Crippen LogP contribution is 2.49. The molecule has 1 heterocycles. The van der Waals surface area contributed by atoms with Crippen LogP contribution in [0.3, 0.4) is 0 Å². The van der Waals surface area contributed by atoms with Gasteiger partial charge in [-0.3, -0.25) is 0 Å². The van der Waals surface area contributed by atoms with Crippen molar-refractivity contribution in [3.8, 4) is 0 Å². The predicted octanol–water partition coefficient (Wildman–Crippen LogP) is 6.03. The Kier molecular flexibility index (Phi) is 5.43. The van der Waals surface area contributed by atoms with Crippen LogP contribution < -0.4 is 0 Å². The number of rotatable bonds is 3. The van der Waals surface area contributed by atoms with Crippen LogP contribution in [0.4, 0.5) is 0 Å². The second-order valence-corrected chi connectivity index (χ2v) is 9.80. The van der Waals surface area contributed by atoms with E-state index < -0.39 is 5.60 Å². The SMILES string of the molecule is CCc1ccccc1SC1=C(O)CC2(CCCC(C(C)(C)C)C2)OC1=O. The van der Waals surface area contributed by atoms with Gasteiger partial charge in [-0.1, -0.05) is 57.7 Å². The van der Waals surface area contributed by atoms with E-state index in [0.29, 0.717) is 17.2 Å². The summed E-state index contributed by atoms with van der Waals surface area (Å²) in [6, 6.07) is 8.02. The zero-order valence-corrected chi connectivity index (χ0v) is 17.1. The Labute approximate surface area is 161 Å². The van der Waals surface area contributed by atoms with Crippen molar-refractivity contribution >= 4 is 17.7 Å². The van der Waals surface area contributed by atoms with Gasteiger partial charge in [-0.05, 0) is 55.1 Å². The molecule has 0 bridgehead atoms. The van der Waals surface area contributed by atoms with Crippen molar-refractivity contribution in [1.82, 2.24) is 0 Å². The van der Waals surface area contributed by atoms with Crippen molar-refractivity contribution in [1.29, 1.82) is 0 Å². The van der Waals surface area contributed by atoms with Gasteiger partial charge in [0.05, 0.1) is 0 Å². The molecule has 1 spiro atoms. The van der Waals surface area contributed by atoms with Gasteiger partial charge in [-0.15, -0.1) is 0 Å². The predicted molar refractivity (Wildman–Crippen MR) is 106 cm³/mol. The summed E-state index contributed by atoms with van der Waals surface area (Å²) in [6.07, 6.45) is 5.24. The first-order chi connectivity index (χ1) is 12.2. The van der Waals surface area contributed by atoms with Gasteiger partial charge in [-0.25, -0.2) is 4.79 Å². The van der Waals surface area contributed by atoms with E-state index in [2.05, 4.69) is 33.8 Å². The van der Waals surface area contributed by atoms with Crippen LogP contribution in [0.2, 0.25) is 0 Å². The highest BCUT2D eigenvalue weighted by molar-refractivity contribution is 8.04. The molecular weight excluding hydrogens is 344 g/mol. The molecule has 1 aromatic rings. The summed E-state index contributed by atoms with van der Waals surface area (Å²) >= 11 is 1.34. The van der Waals surface area contributed by atoms with Crippen LogP contribution in [0.5, 0.6) is 0 Å². The molecule has 2 atom stereocenters. The van der Waals surface area contributed by atoms with Crippen LogP contribution in [0, 0.1) is 11.3 Å². The third kappa shape index (κ3) is 3.95. The van der Waals surface area contributed by atoms with Gasteiger partial charge >= 0.3 is 5.97 Å². The maximum Gasteiger partial charge on any atom is 0.349 e. The molecule has 0 aromatic heterocycles. The Bertz CT molecular complexity index is 716. The molecule has 3 rings (SSSR count). The Morgan fingerprint density at radius 2 is 2.04 bits per heavy atom. The van der Waals surface area contributed by atoms with Crippen LogP contribution in [0.15, 0.2) is 39.8 Å². The number of ether oxygens (including phenoxy) is 1. The number of carbonyl (C=O) groups is 1. The highest BCUT2D eigenvalue weighted by Gasteiger charge is 2.47. The van der Waals surface area contributed by atoms with E-state index in [4.69, 9.17) is 4.74 Å². The molecule has 0 radical (unpaired) electrons. The average Bonchev–Trinajstić information content (AvgIpc) is 2.58. The summed E-state index contributed by atoms with van der Waals surface area (Å²) in [7, 11) is 0. The van der Waals surface area contributed by atoms with Gasteiger partial charge in [0.2, 0.25) is 0 Å². The standard InChI is InChI=1S/C22H30O3S/c1-5-15-9-6-7-11-18(15)26-19-17(23)14-22(25-20(19)24)12-8-10-16(13-22)21(2,3)4/h6-7,9,11,16,23H,5,8,10,12-14H2,1-4H3. The smallest absolute Gasteiger partial charge is 0.349 e. The van der Waals surface area contributed by atoms with Gasteiger partial charge < -0.3 is 9.84 Å². The number of esters is 1. The van der Waals surface area contributed by atoms with Crippen molar-refractivity contribution in [3.63, 3.8) is 0 Å². The van der Waals surface area contributed by atoms with Gasteiger partial charge in [-0.2, -0.15) is 0 Å². The maximum atomic E-state index is 12.8. The van der Waals surface area contributed by atoms with E-state index in [-0.39, 0.29) is 17.1 Å². The number of carbonyl (C=O) groups excluding carboxylic acids is 1. The lowest BCUT2D eigenvalue weighted by Crippen LogP contribution is -2.45. The number of thioether (sulfide) groups is 1. The summed E-state index contributed by atoms with van der Waals surface area (Å²) in [4.78, 5) is 14.1. The first kappa shape index (κ1) is 19.3. The van der Waals surface area contributed by atoms with E-state index >= 15 is 0 Å². The summed E-state index contributed by atoms with van der Waals surface area (Å²) in [5.74, 6) is 0.345. The highest BCUT2D eigenvalue weighted by atomic mass is 32.2. The topological polar surface area (TPSA) is 46.5 Å². The Hall–Kier alpha value is -1.42. The molecule has 1 aliphatic heterocycles. The van der Waals surface area contributed by atoms with Crippen molar-refractivity contribution in [2.45, 2.75) is 76.7 Å². The second kappa shape index (κ2) is 7.30. The molecule has 0 saturated heterocycles. The molecule has 3 nitrogen and oxygen atoms in total. The zero-order chi connectivity index (χ0) is 18.9. The van der Waals surface area contributed by atoms with Gasteiger partial charge in [0, 0.05) is 11.3 Å². The summed E-state index contributed by atoms with van der Waals surface area (Å²) in [6.45, 7) is 8.84. The lowest BCUT2D eigenvalue weighted by molar-refractivity contribution is -0.165. The fourth-order valence-corrected chi connectivity index (χ4v) is 5.23. The third-order valence-electron chi connectivity index (χ3n) is 5.84. The minimum atomic E-state index is -0.522. The minimum Gasteiger partial charge on any atom is -0.511 e.